The molecule has 106 valence electrons. The van der Waals surface area contributed by atoms with Crippen LogP contribution in [-0.4, -0.2) is 19.2 Å². The molecule has 0 bridgehead atoms. The Morgan fingerprint density at radius 3 is 2.79 bits per heavy atom. The van der Waals surface area contributed by atoms with Crippen molar-refractivity contribution in [3.05, 3.63) is 17.9 Å². The fraction of sp³-hybridized carbons (Fsp3) is 0.600. The standard InChI is InChI=1S/C15H23FN2O/c1-4-11-5-6-18(9-11)14-8-15(19-10(2)3)12(16)7-13(14)17/h7-8,10-11H,4-6,9,17H2,1-3H3. The lowest BCUT2D eigenvalue weighted by atomic mass is 10.1. The maximum absolute atomic E-state index is 13.8. The van der Waals surface area contributed by atoms with E-state index in [0.717, 1.165) is 18.8 Å². The van der Waals surface area contributed by atoms with E-state index in [9.17, 15) is 4.39 Å². The average molecular weight is 266 g/mol. The lowest BCUT2D eigenvalue weighted by Gasteiger charge is -2.22. The minimum absolute atomic E-state index is 0.0482. The molecule has 1 aromatic rings. The van der Waals surface area contributed by atoms with Gasteiger partial charge in [0.2, 0.25) is 0 Å². The Hall–Kier alpha value is -1.45. The van der Waals surface area contributed by atoms with E-state index in [4.69, 9.17) is 10.5 Å². The molecule has 0 spiro atoms. The third-order valence-corrected chi connectivity index (χ3v) is 3.65. The second-order valence-electron chi connectivity index (χ2n) is 5.52. The van der Waals surface area contributed by atoms with Crippen LogP contribution in [0.2, 0.25) is 0 Å². The molecule has 1 heterocycles. The fourth-order valence-corrected chi connectivity index (χ4v) is 2.56. The molecule has 1 fully saturated rings. The first-order valence-corrected chi connectivity index (χ1v) is 7.01. The number of rotatable bonds is 4. The summed E-state index contributed by atoms with van der Waals surface area (Å²) >= 11 is 0. The van der Waals surface area contributed by atoms with E-state index in [1.165, 1.54) is 18.9 Å². The van der Waals surface area contributed by atoms with Gasteiger partial charge in [-0.25, -0.2) is 4.39 Å². The van der Waals surface area contributed by atoms with Crippen molar-refractivity contribution in [2.75, 3.05) is 23.7 Å². The molecule has 1 saturated heterocycles. The van der Waals surface area contributed by atoms with E-state index < -0.39 is 0 Å². The van der Waals surface area contributed by atoms with Crippen molar-refractivity contribution >= 4 is 11.4 Å². The largest absolute Gasteiger partial charge is 0.488 e. The van der Waals surface area contributed by atoms with Gasteiger partial charge >= 0.3 is 0 Å². The summed E-state index contributed by atoms with van der Waals surface area (Å²) in [4.78, 5) is 2.23. The molecule has 3 nitrogen and oxygen atoms in total. The third-order valence-electron chi connectivity index (χ3n) is 3.65. The van der Waals surface area contributed by atoms with Gasteiger partial charge in [-0.05, 0) is 26.2 Å². The number of ether oxygens (including phenoxy) is 1. The average Bonchev–Trinajstić information content (AvgIpc) is 2.80. The second kappa shape index (κ2) is 5.68. The van der Waals surface area contributed by atoms with Crippen molar-refractivity contribution in [1.29, 1.82) is 0 Å². The van der Waals surface area contributed by atoms with Gasteiger partial charge in [0.15, 0.2) is 11.6 Å². The second-order valence-corrected chi connectivity index (χ2v) is 5.52. The van der Waals surface area contributed by atoms with Crippen LogP contribution in [0.15, 0.2) is 12.1 Å². The molecule has 1 unspecified atom stereocenters. The number of hydrogen-bond donors (Lipinski definition) is 1. The first-order chi connectivity index (χ1) is 9.01. The predicted molar refractivity (Wildman–Crippen MR) is 77.2 cm³/mol. The Kier molecular flexibility index (Phi) is 4.17. The highest BCUT2D eigenvalue weighted by Crippen LogP contribution is 2.35. The molecule has 0 aliphatic carbocycles. The highest BCUT2D eigenvalue weighted by Gasteiger charge is 2.24. The summed E-state index contributed by atoms with van der Waals surface area (Å²) in [5, 5.41) is 0. The quantitative estimate of drug-likeness (QED) is 0.848. The van der Waals surface area contributed by atoms with Crippen LogP contribution >= 0.6 is 0 Å². The first kappa shape index (κ1) is 14.0. The minimum atomic E-state index is -0.388. The Morgan fingerprint density at radius 1 is 1.47 bits per heavy atom. The zero-order valence-electron chi connectivity index (χ0n) is 11.9. The molecule has 1 aliphatic rings. The molecule has 0 saturated carbocycles. The van der Waals surface area contributed by atoms with Gasteiger partial charge in [-0.3, -0.25) is 0 Å². The molecular formula is C15H23FN2O. The lowest BCUT2D eigenvalue weighted by molar-refractivity contribution is 0.231. The van der Waals surface area contributed by atoms with Gasteiger partial charge in [-0.1, -0.05) is 13.3 Å². The maximum atomic E-state index is 13.8. The number of nitrogens with two attached hydrogens (primary N) is 1. The van der Waals surface area contributed by atoms with Crippen LogP contribution in [0.1, 0.15) is 33.6 Å². The van der Waals surface area contributed by atoms with Crippen molar-refractivity contribution < 1.29 is 9.13 Å². The summed E-state index contributed by atoms with van der Waals surface area (Å²) in [6.45, 7) is 7.95. The molecule has 0 aromatic heterocycles. The van der Waals surface area contributed by atoms with E-state index in [2.05, 4.69) is 11.8 Å². The SMILES string of the molecule is CCC1CCN(c2cc(OC(C)C)c(F)cc2N)C1. The number of benzene rings is 1. The molecule has 0 amide bonds. The van der Waals surface area contributed by atoms with Gasteiger partial charge in [0, 0.05) is 25.2 Å². The van der Waals surface area contributed by atoms with Crippen molar-refractivity contribution in [3.63, 3.8) is 0 Å². The molecule has 2 rings (SSSR count). The number of nitrogen functional groups attached to an aromatic ring is 1. The summed E-state index contributed by atoms with van der Waals surface area (Å²) < 4.78 is 19.3. The number of hydrogen-bond acceptors (Lipinski definition) is 3. The van der Waals surface area contributed by atoms with Crippen LogP contribution in [0.25, 0.3) is 0 Å². The molecule has 19 heavy (non-hydrogen) atoms. The van der Waals surface area contributed by atoms with E-state index >= 15 is 0 Å². The molecule has 0 radical (unpaired) electrons. The van der Waals surface area contributed by atoms with Crippen molar-refractivity contribution in [2.45, 2.75) is 39.7 Å². The first-order valence-electron chi connectivity index (χ1n) is 7.01. The molecule has 1 aromatic carbocycles. The minimum Gasteiger partial charge on any atom is -0.488 e. The zero-order chi connectivity index (χ0) is 14.0. The summed E-state index contributed by atoms with van der Waals surface area (Å²) in [6, 6.07) is 3.11. The van der Waals surface area contributed by atoms with Crippen molar-refractivity contribution in [2.24, 2.45) is 5.92 Å². The van der Waals surface area contributed by atoms with Crippen molar-refractivity contribution in [3.8, 4) is 5.75 Å². The van der Waals surface area contributed by atoms with Gasteiger partial charge in [0.25, 0.3) is 0 Å². The number of anilines is 2. The normalized spacial score (nSPS) is 19.2. The molecule has 1 atom stereocenters. The summed E-state index contributed by atoms with van der Waals surface area (Å²) in [5.41, 5.74) is 7.34. The maximum Gasteiger partial charge on any atom is 0.167 e. The van der Waals surface area contributed by atoms with E-state index in [1.807, 2.05) is 13.8 Å². The Balaban J connectivity index is 2.25. The lowest BCUT2D eigenvalue weighted by Crippen LogP contribution is -2.21. The smallest absolute Gasteiger partial charge is 0.167 e. The van der Waals surface area contributed by atoms with Gasteiger partial charge in [-0.2, -0.15) is 0 Å². The fourth-order valence-electron chi connectivity index (χ4n) is 2.56. The topological polar surface area (TPSA) is 38.5 Å². The van der Waals surface area contributed by atoms with Crippen LogP contribution in [-0.2, 0) is 0 Å². The molecule has 1 aliphatic heterocycles. The Morgan fingerprint density at radius 2 is 2.21 bits per heavy atom. The number of halogens is 1. The van der Waals surface area contributed by atoms with Crippen LogP contribution in [0.4, 0.5) is 15.8 Å². The van der Waals surface area contributed by atoms with Crippen LogP contribution in [0.3, 0.4) is 0 Å². The summed E-state index contributed by atoms with van der Waals surface area (Å²) in [6.07, 6.45) is 2.30. The molecular weight excluding hydrogens is 243 g/mol. The van der Waals surface area contributed by atoms with E-state index in [1.54, 1.807) is 6.07 Å². The molecule has 2 N–H and O–H groups in total. The van der Waals surface area contributed by atoms with Gasteiger partial charge in [0.05, 0.1) is 17.5 Å². The summed E-state index contributed by atoms with van der Waals surface area (Å²) in [5.74, 6) is 0.610. The Labute approximate surface area is 114 Å². The van der Waals surface area contributed by atoms with Gasteiger partial charge < -0.3 is 15.4 Å². The highest BCUT2D eigenvalue weighted by molar-refractivity contribution is 5.70. The van der Waals surface area contributed by atoms with Gasteiger partial charge in [-0.15, -0.1) is 0 Å². The van der Waals surface area contributed by atoms with Crippen molar-refractivity contribution in [1.82, 2.24) is 0 Å². The molecule has 4 heteroatoms. The monoisotopic (exact) mass is 266 g/mol. The Bertz CT molecular complexity index is 448. The zero-order valence-corrected chi connectivity index (χ0v) is 11.9. The van der Waals surface area contributed by atoms with E-state index in [0.29, 0.717) is 17.4 Å². The third kappa shape index (κ3) is 3.11. The van der Waals surface area contributed by atoms with Crippen LogP contribution in [0, 0.1) is 11.7 Å². The number of nitrogens with zero attached hydrogens (tertiary/aromatic N) is 1. The van der Waals surface area contributed by atoms with Crippen LogP contribution < -0.4 is 15.4 Å². The highest BCUT2D eigenvalue weighted by atomic mass is 19.1. The predicted octanol–water partition coefficient (Wildman–Crippen LogP) is 3.43. The van der Waals surface area contributed by atoms with Crippen LogP contribution in [0.5, 0.6) is 5.75 Å². The van der Waals surface area contributed by atoms with E-state index in [-0.39, 0.29) is 11.9 Å². The summed E-state index contributed by atoms with van der Waals surface area (Å²) in [7, 11) is 0. The van der Waals surface area contributed by atoms with Gasteiger partial charge in [0.1, 0.15) is 0 Å².